The van der Waals surface area contributed by atoms with Gasteiger partial charge in [-0.1, -0.05) is 42.5 Å². The van der Waals surface area contributed by atoms with Gasteiger partial charge in [-0.25, -0.2) is 8.42 Å². The van der Waals surface area contributed by atoms with Crippen molar-refractivity contribution in [3.63, 3.8) is 0 Å². The molecule has 4 rings (SSSR count). The fraction of sp³-hybridized carbons (Fsp3) is 0.261. The molecule has 1 atom stereocenters. The van der Waals surface area contributed by atoms with Gasteiger partial charge in [-0.05, 0) is 47.9 Å². The van der Waals surface area contributed by atoms with Crippen molar-refractivity contribution in [3.05, 3.63) is 66.7 Å². The number of sulfonamides is 1. The molecule has 1 fully saturated rings. The van der Waals surface area contributed by atoms with Gasteiger partial charge < -0.3 is 10.1 Å². The molecule has 6 nitrogen and oxygen atoms in total. The Morgan fingerprint density at radius 2 is 1.77 bits per heavy atom. The summed E-state index contributed by atoms with van der Waals surface area (Å²) in [6.07, 6.45) is 1.28. The number of amides is 1. The van der Waals surface area contributed by atoms with E-state index in [9.17, 15) is 13.2 Å². The van der Waals surface area contributed by atoms with Crippen LogP contribution in [-0.4, -0.2) is 38.8 Å². The lowest BCUT2D eigenvalue weighted by Gasteiger charge is -2.31. The Bertz CT molecular complexity index is 1180. The van der Waals surface area contributed by atoms with Crippen molar-refractivity contribution in [3.8, 4) is 5.75 Å². The number of carbonyl (C=O) groups excluding carboxylic acids is 1. The van der Waals surface area contributed by atoms with Crippen LogP contribution in [0, 0.1) is 5.92 Å². The first-order chi connectivity index (χ1) is 14.5. The van der Waals surface area contributed by atoms with E-state index in [-0.39, 0.29) is 17.3 Å². The average molecular weight is 425 g/mol. The van der Waals surface area contributed by atoms with E-state index in [2.05, 4.69) is 5.32 Å². The molecular formula is C23H24N2O4S. The lowest BCUT2D eigenvalue weighted by molar-refractivity contribution is -0.120. The molecule has 0 spiro atoms. The molecule has 1 saturated heterocycles. The van der Waals surface area contributed by atoms with Gasteiger partial charge in [-0.3, -0.25) is 4.79 Å². The molecule has 0 aromatic heterocycles. The van der Waals surface area contributed by atoms with Crippen molar-refractivity contribution in [2.24, 2.45) is 5.92 Å². The summed E-state index contributed by atoms with van der Waals surface area (Å²) in [7, 11) is -2.13. The first-order valence-corrected chi connectivity index (χ1v) is 11.4. The minimum absolute atomic E-state index is 0.163. The number of carbonyl (C=O) groups is 1. The number of fused-ring (bicyclic) bond motifs is 1. The highest BCUT2D eigenvalue weighted by Gasteiger charge is 2.33. The van der Waals surface area contributed by atoms with Crippen molar-refractivity contribution in [1.82, 2.24) is 4.31 Å². The van der Waals surface area contributed by atoms with Crippen LogP contribution < -0.4 is 10.1 Å². The smallest absolute Gasteiger partial charge is 0.243 e. The highest BCUT2D eigenvalue weighted by molar-refractivity contribution is 7.89. The summed E-state index contributed by atoms with van der Waals surface area (Å²) in [6, 6.07) is 20.0. The normalized spacial score (nSPS) is 17.6. The number of hydrogen-bond donors (Lipinski definition) is 1. The predicted molar refractivity (Wildman–Crippen MR) is 117 cm³/mol. The summed E-state index contributed by atoms with van der Waals surface area (Å²) in [5.41, 5.74) is 0.583. The number of nitrogens with zero attached hydrogens (tertiary/aromatic N) is 1. The molecule has 0 radical (unpaired) electrons. The number of anilines is 1. The quantitative estimate of drug-likeness (QED) is 0.674. The first-order valence-electron chi connectivity index (χ1n) is 9.92. The number of ether oxygens (including phenoxy) is 1. The summed E-state index contributed by atoms with van der Waals surface area (Å²) in [5, 5.41) is 4.75. The summed E-state index contributed by atoms with van der Waals surface area (Å²) < 4.78 is 33.2. The summed E-state index contributed by atoms with van der Waals surface area (Å²) in [4.78, 5) is 13.1. The van der Waals surface area contributed by atoms with E-state index >= 15 is 0 Å². The second kappa shape index (κ2) is 8.45. The van der Waals surface area contributed by atoms with Crippen LogP contribution in [0.15, 0.2) is 71.6 Å². The summed E-state index contributed by atoms with van der Waals surface area (Å²) in [5.74, 6) is -0.0425. The second-order valence-electron chi connectivity index (χ2n) is 7.40. The van der Waals surface area contributed by atoms with Gasteiger partial charge in [0.25, 0.3) is 0 Å². The van der Waals surface area contributed by atoms with Crippen molar-refractivity contribution in [2.45, 2.75) is 17.7 Å². The van der Waals surface area contributed by atoms with Gasteiger partial charge >= 0.3 is 0 Å². The van der Waals surface area contributed by atoms with Crippen molar-refractivity contribution in [1.29, 1.82) is 0 Å². The third-order valence-electron chi connectivity index (χ3n) is 5.48. The van der Waals surface area contributed by atoms with Gasteiger partial charge in [0, 0.05) is 13.1 Å². The maximum absolute atomic E-state index is 13.2. The fourth-order valence-corrected chi connectivity index (χ4v) is 5.39. The van der Waals surface area contributed by atoms with Crippen LogP contribution in [-0.2, 0) is 14.8 Å². The van der Waals surface area contributed by atoms with Crippen molar-refractivity contribution < 1.29 is 17.9 Å². The van der Waals surface area contributed by atoms with Gasteiger partial charge in [0.2, 0.25) is 15.9 Å². The van der Waals surface area contributed by atoms with Crippen LogP contribution in [0.5, 0.6) is 5.75 Å². The largest absolute Gasteiger partial charge is 0.495 e. The van der Waals surface area contributed by atoms with E-state index in [1.807, 2.05) is 42.5 Å². The zero-order valence-corrected chi connectivity index (χ0v) is 17.6. The molecule has 0 bridgehead atoms. The number of methoxy groups -OCH3 is 1. The Kier molecular flexibility index (Phi) is 5.74. The molecule has 1 N–H and O–H groups in total. The first kappa shape index (κ1) is 20.4. The Balaban J connectivity index is 1.53. The van der Waals surface area contributed by atoms with Crippen LogP contribution in [0.25, 0.3) is 10.8 Å². The van der Waals surface area contributed by atoms with Crippen LogP contribution in [0.2, 0.25) is 0 Å². The fourth-order valence-electron chi connectivity index (χ4n) is 3.83. The summed E-state index contributed by atoms with van der Waals surface area (Å²) in [6.45, 7) is 0.573. The molecule has 3 aromatic carbocycles. The molecule has 3 aromatic rings. The predicted octanol–water partition coefficient (Wildman–Crippen LogP) is 3.89. The molecule has 1 amide bonds. The van der Waals surface area contributed by atoms with E-state index in [1.165, 1.54) is 4.31 Å². The zero-order chi connectivity index (χ0) is 21.1. The summed E-state index contributed by atoms with van der Waals surface area (Å²) >= 11 is 0. The highest BCUT2D eigenvalue weighted by Crippen LogP contribution is 2.28. The lowest BCUT2D eigenvalue weighted by atomic mass is 9.98. The number of para-hydroxylation sites is 2. The monoisotopic (exact) mass is 424 g/mol. The minimum atomic E-state index is -3.68. The molecule has 1 heterocycles. The molecule has 0 saturated carbocycles. The molecular weight excluding hydrogens is 400 g/mol. The number of nitrogens with one attached hydrogen (secondary N) is 1. The maximum atomic E-state index is 13.2. The Morgan fingerprint density at radius 3 is 2.57 bits per heavy atom. The van der Waals surface area contributed by atoms with Gasteiger partial charge in [-0.2, -0.15) is 4.31 Å². The third kappa shape index (κ3) is 4.04. The van der Waals surface area contributed by atoms with Gasteiger partial charge in [0.1, 0.15) is 5.75 Å². The molecule has 0 aliphatic carbocycles. The van der Waals surface area contributed by atoms with Gasteiger partial charge in [0.05, 0.1) is 23.6 Å². The molecule has 0 unspecified atom stereocenters. The Labute approximate surface area is 176 Å². The van der Waals surface area contributed by atoms with Gasteiger partial charge in [-0.15, -0.1) is 0 Å². The van der Waals surface area contributed by atoms with E-state index in [0.29, 0.717) is 30.8 Å². The Morgan fingerprint density at radius 1 is 1.03 bits per heavy atom. The zero-order valence-electron chi connectivity index (χ0n) is 16.7. The van der Waals surface area contributed by atoms with Crippen molar-refractivity contribution >= 4 is 32.4 Å². The van der Waals surface area contributed by atoms with Crippen LogP contribution in [0.3, 0.4) is 0 Å². The molecule has 30 heavy (non-hydrogen) atoms. The van der Waals surface area contributed by atoms with Crippen molar-refractivity contribution in [2.75, 3.05) is 25.5 Å². The molecule has 1 aliphatic rings. The number of rotatable bonds is 5. The SMILES string of the molecule is COc1ccccc1NC(=O)[C@H]1CCCN(S(=O)(=O)c2ccc3ccccc3c2)C1. The topological polar surface area (TPSA) is 75.7 Å². The van der Waals surface area contributed by atoms with E-state index in [1.54, 1.807) is 31.4 Å². The lowest BCUT2D eigenvalue weighted by Crippen LogP contribution is -2.43. The molecule has 1 aliphatic heterocycles. The standard InChI is InChI=1S/C23H24N2O4S/c1-29-22-11-5-4-10-21(22)24-23(26)19-9-6-14-25(16-19)30(27,28)20-13-12-17-7-2-3-8-18(17)15-20/h2-5,7-8,10-13,15,19H,6,9,14,16H2,1H3,(H,24,26)/t19-/m0/s1. The van der Waals surface area contributed by atoms with E-state index in [0.717, 1.165) is 10.8 Å². The number of benzene rings is 3. The average Bonchev–Trinajstić information content (AvgIpc) is 2.79. The van der Waals surface area contributed by atoms with E-state index < -0.39 is 15.9 Å². The second-order valence-corrected chi connectivity index (χ2v) is 9.34. The van der Waals surface area contributed by atoms with Gasteiger partial charge in [0.15, 0.2) is 0 Å². The maximum Gasteiger partial charge on any atom is 0.243 e. The van der Waals surface area contributed by atoms with Crippen LogP contribution >= 0.6 is 0 Å². The van der Waals surface area contributed by atoms with Crippen LogP contribution in [0.1, 0.15) is 12.8 Å². The minimum Gasteiger partial charge on any atom is -0.495 e. The third-order valence-corrected chi connectivity index (χ3v) is 7.34. The number of hydrogen-bond acceptors (Lipinski definition) is 4. The number of piperidine rings is 1. The van der Waals surface area contributed by atoms with Crippen LogP contribution in [0.4, 0.5) is 5.69 Å². The molecule has 156 valence electrons. The van der Waals surface area contributed by atoms with E-state index in [4.69, 9.17) is 4.74 Å². The Hall–Kier alpha value is -2.90. The highest BCUT2D eigenvalue weighted by atomic mass is 32.2. The molecule has 7 heteroatoms.